The average molecular weight is 357 g/mol. The molecule has 0 aliphatic carbocycles. The predicted octanol–water partition coefficient (Wildman–Crippen LogP) is 3.32. The van der Waals surface area contributed by atoms with E-state index in [1.807, 2.05) is 24.3 Å². The maximum atomic E-state index is 13.5. The molecule has 0 fully saturated rings. The highest BCUT2D eigenvalue weighted by Gasteiger charge is 2.11. The van der Waals surface area contributed by atoms with Gasteiger partial charge in [-0.1, -0.05) is 18.2 Å². The Kier molecular flexibility index (Phi) is 7.14. The molecule has 2 aromatic rings. The smallest absolute Gasteiger partial charge is 0.233 e. The first-order valence-electron chi connectivity index (χ1n) is 8.68. The molecule has 2 N–H and O–H groups in total. The lowest BCUT2D eigenvalue weighted by atomic mass is 10.2. The van der Waals surface area contributed by atoms with Gasteiger partial charge in [0.2, 0.25) is 11.8 Å². The summed E-state index contributed by atoms with van der Waals surface area (Å²) in [5.74, 6) is -1.25. The molecule has 5 nitrogen and oxygen atoms in total. The second kappa shape index (κ2) is 9.56. The summed E-state index contributed by atoms with van der Waals surface area (Å²) >= 11 is 0. The van der Waals surface area contributed by atoms with Crippen LogP contribution in [0.1, 0.15) is 25.8 Å². The third-order valence-electron chi connectivity index (χ3n) is 4.03. The number of rotatable bonds is 8. The Morgan fingerprint density at radius 2 is 1.62 bits per heavy atom. The molecule has 138 valence electrons. The quantitative estimate of drug-likeness (QED) is 0.713. The van der Waals surface area contributed by atoms with E-state index in [0.29, 0.717) is 11.3 Å². The largest absolute Gasteiger partial charge is 0.372 e. The molecule has 0 aliphatic heterocycles. The molecule has 0 saturated heterocycles. The summed E-state index contributed by atoms with van der Waals surface area (Å²) < 4.78 is 13.5. The first-order chi connectivity index (χ1) is 12.5. The van der Waals surface area contributed by atoms with Crippen LogP contribution < -0.4 is 15.5 Å². The lowest BCUT2D eigenvalue weighted by Crippen LogP contribution is -2.28. The fourth-order valence-corrected chi connectivity index (χ4v) is 2.59. The van der Waals surface area contributed by atoms with Crippen LogP contribution in [-0.4, -0.2) is 24.9 Å². The molecule has 0 aromatic heterocycles. The van der Waals surface area contributed by atoms with E-state index in [9.17, 15) is 14.0 Å². The monoisotopic (exact) mass is 357 g/mol. The lowest BCUT2D eigenvalue weighted by molar-refractivity contribution is -0.126. The number of carbonyl (C=O) groups excluding carboxylic acids is 2. The van der Waals surface area contributed by atoms with E-state index < -0.39 is 11.8 Å². The van der Waals surface area contributed by atoms with Crippen molar-refractivity contribution < 1.29 is 14.0 Å². The standard InChI is InChI=1S/C20H24FN3O2/c1-3-24(4-2)17-11-9-16(10-12-17)23-20(26)13-19(25)22-14-15-7-5-6-8-18(15)21/h5-12H,3-4,13-14H2,1-2H3,(H,22,25)(H,23,26). The highest BCUT2D eigenvalue weighted by atomic mass is 19.1. The molecule has 0 radical (unpaired) electrons. The zero-order chi connectivity index (χ0) is 18.9. The van der Waals surface area contributed by atoms with Gasteiger partial charge in [0.05, 0.1) is 0 Å². The maximum Gasteiger partial charge on any atom is 0.233 e. The number of anilines is 2. The molecule has 2 aromatic carbocycles. The van der Waals surface area contributed by atoms with Crippen molar-refractivity contribution >= 4 is 23.2 Å². The fourth-order valence-electron chi connectivity index (χ4n) is 2.59. The van der Waals surface area contributed by atoms with Gasteiger partial charge in [0.15, 0.2) is 0 Å². The van der Waals surface area contributed by atoms with Crippen LogP contribution in [0.5, 0.6) is 0 Å². The van der Waals surface area contributed by atoms with E-state index in [2.05, 4.69) is 29.4 Å². The molecule has 0 aliphatic rings. The number of hydrogen-bond acceptors (Lipinski definition) is 3. The molecule has 0 heterocycles. The van der Waals surface area contributed by atoms with Gasteiger partial charge in [-0.25, -0.2) is 4.39 Å². The first kappa shape index (κ1) is 19.4. The van der Waals surface area contributed by atoms with Crippen LogP contribution in [0.25, 0.3) is 0 Å². The van der Waals surface area contributed by atoms with E-state index in [1.54, 1.807) is 18.2 Å². The minimum absolute atomic E-state index is 0.0529. The summed E-state index contributed by atoms with van der Waals surface area (Å²) in [6, 6.07) is 13.7. The van der Waals surface area contributed by atoms with Crippen molar-refractivity contribution in [1.82, 2.24) is 5.32 Å². The summed E-state index contributed by atoms with van der Waals surface area (Å²) in [7, 11) is 0. The summed E-state index contributed by atoms with van der Waals surface area (Å²) in [5.41, 5.74) is 2.09. The second-order valence-corrected chi connectivity index (χ2v) is 5.81. The number of nitrogens with one attached hydrogen (secondary N) is 2. The van der Waals surface area contributed by atoms with Gasteiger partial charge in [0.1, 0.15) is 12.2 Å². The van der Waals surface area contributed by atoms with Crippen LogP contribution in [0.2, 0.25) is 0 Å². The van der Waals surface area contributed by atoms with Gasteiger partial charge in [-0.2, -0.15) is 0 Å². The summed E-state index contributed by atoms with van der Waals surface area (Å²) in [4.78, 5) is 26.0. The topological polar surface area (TPSA) is 61.4 Å². The van der Waals surface area contributed by atoms with Crippen LogP contribution >= 0.6 is 0 Å². The molecule has 2 rings (SSSR count). The first-order valence-corrected chi connectivity index (χ1v) is 8.68. The number of amides is 2. The molecule has 0 saturated carbocycles. The Balaban J connectivity index is 1.82. The molecule has 0 bridgehead atoms. The van der Waals surface area contributed by atoms with E-state index >= 15 is 0 Å². The van der Waals surface area contributed by atoms with Gasteiger partial charge in [0.25, 0.3) is 0 Å². The van der Waals surface area contributed by atoms with Crippen LogP contribution in [0.4, 0.5) is 15.8 Å². The summed E-state index contributed by atoms with van der Waals surface area (Å²) in [6.07, 6.45) is -0.313. The molecule has 6 heteroatoms. The Labute approximate surface area is 153 Å². The van der Waals surface area contributed by atoms with E-state index in [1.165, 1.54) is 6.07 Å². The van der Waals surface area contributed by atoms with E-state index in [-0.39, 0.29) is 18.8 Å². The minimum atomic E-state index is -0.453. The van der Waals surface area contributed by atoms with Gasteiger partial charge in [-0.3, -0.25) is 9.59 Å². The van der Waals surface area contributed by atoms with Crippen molar-refractivity contribution in [3.05, 3.63) is 59.9 Å². The van der Waals surface area contributed by atoms with Crippen molar-refractivity contribution in [1.29, 1.82) is 0 Å². The third kappa shape index (κ3) is 5.58. The van der Waals surface area contributed by atoms with Crippen molar-refractivity contribution in [3.63, 3.8) is 0 Å². The summed E-state index contributed by atoms with van der Waals surface area (Å²) in [5, 5.41) is 5.24. The number of hydrogen-bond donors (Lipinski definition) is 2. The maximum absolute atomic E-state index is 13.5. The Morgan fingerprint density at radius 3 is 2.23 bits per heavy atom. The van der Waals surface area contributed by atoms with Gasteiger partial charge < -0.3 is 15.5 Å². The second-order valence-electron chi connectivity index (χ2n) is 5.81. The van der Waals surface area contributed by atoms with Crippen molar-refractivity contribution in [3.8, 4) is 0 Å². The van der Waals surface area contributed by atoms with Crippen molar-refractivity contribution in [2.75, 3.05) is 23.3 Å². The van der Waals surface area contributed by atoms with Gasteiger partial charge in [0, 0.05) is 36.6 Å². The molecular formula is C20H24FN3O2. The number of halogens is 1. The Bertz CT molecular complexity index is 743. The number of benzene rings is 2. The molecule has 2 amide bonds. The van der Waals surface area contributed by atoms with Gasteiger partial charge in [-0.15, -0.1) is 0 Å². The Morgan fingerprint density at radius 1 is 0.962 bits per heavy atom. The van der Waals surface area contributed by atoms with Crippen LogP contribution in [0, 0.1) is 5.82 Å². The van der Waals surface area contributed by atoms with E-state index in [4.69, 9.17) is 0 Å². The van der Waals surface area contributed by atoms with E-state index in [0.717, 1.165) is 18.8 Å². The average Bonchev–Trinajstić information content (AvgIpc) is 2.63. The van der Waals surface area contributed by atoms with Crippen LogP contribution in [0.15, 0.2) is 48.5 Å². The fraction of sp³-hybridized carbons (Fsp3) is 0.300. The Hall–Kier alpha value is -2.89. The van der Waals surface area contributed by atoms with Crippen LogP contribution in [-0.2, 0) is 16.1 Å². The summed E-state index contributed by atoms with van der Waals surface area (Å²) in [6.45, 7) is 6.03. The molecule has 26 heavy (non-hydrogen) atoms. The normalized spacial score (nSPS) is 10.3. The predicted molar refractivity (Wildman–Crippen MR) is 101 cm³/mol. The SMILES string of the molecule is CCN(CC)c1ccc(NC(=O)CC(=O)NCc2ccccc2F)cc1. The molecule has 0 spiro atoms. The zero-order valence-electron chi connectivity index (χ0n) is 15.1. The third-order valence-corrected chi connectivity index (χ3v) is 4.03. The van der Waals surface area contributed by atoms with Crippen molar-refractivity contribution in [2.45, 2.75) is 26.8 Å². The van der Waals surface area contributed by atoms with Gasteiger partial charge in [-0.05, 0) is 44.2 Å². The highest BCUT2D eigenvalue weighted by Crippen LogP contribution is 2.17. The molecular weight excluding hydrogens is 333 g/mol. The van der Waals surface area contributed by atoms with Gasteiger partial charge >= 0.3 is 0 Å². The minimum Gasteiger partial charge on any atom is -0.372 e. The molecule has 0 unspecified atom stereocenters. The number of carbonyl (C=O) groups is 2. The highest BCUT2D eigenvalue weighted by molar-refractivity contribution is 6.03. The zero-order valence-corrected chi connectivity index (χ0v) is 15.1. The number of nitrogens with zero attached hydrogens (tertiary/aromatic N) is 1. The lowest BCUT2D eigenvalue weighted by Gasteiger charge is -2.21. The molecule has 0 atom stereocenters. The van der Waals surface area contributed by atoms with Crippen LogP contribution in [0.3, 0.4) is 0 Å². The van der Waals surface area contributed by atoms with Crippen molar-refractivity contribution in [2.24, 2.45) is 0 Å².